The molecule has 1 amide bonds. The van der Waals surface area contributed by atoms with Crippen LogP contribution >= 0.6 is 0 Å². The summed E-state index contributed by atoms with van der Waals surface area (Å²) >= 11 is 0. The Balaban J connectivity index is 1.23. The summed E-state index contributed by atoms with van der Waals surface area (Å²) in [5.74, 6) is 1.70. The molecule has 2 aromatic heterocycles. The normalized spacial score (nSPS) is 35.2. The van der Waals surface area contributed by atoms with Crippen LogP contribution in [0.4, 0.5) is 16.3 Å². The Labute approximate surface area is 168 Å². The van der Waals surface area contributed by atoms with Gasteiger partial charge in [-0.25, -0.2) is 9.78 Å². The largest absolute Gasteiger partial charge is 0.478 e. The van der Waals surface area contributed by atoms with E-state index in [1.54, 1.807) is 6.20 Å². The van der Waals surface area contributed by atoms with Crippen LogP contribution in [-0.4, -0.2) is 39.5 Å². The van der Waals surface area contributed by atoms with Gasteiger partial charge < -0.3 is 20.1 Å². The van der Waals surface area contributed by atoms with Crippen molar-refractivity contribution in [3.8, 4) is 5.88 Å². The molecule has 152 valence electrons. The topological polar surface area (TPSA) is 101 Å². The minimum atomic E-state index is -0.259. The molecule has 0 saturated heterocycles. The zero-order valence-corrected chi connectivity index (χ0v) is 16.2. The molecule has 8 nitrogen and oxygen atoms in total. The van der Waals surface area contributed by atoms with Gasteiger partial charge in [-0.3, -0.25) is 5.10 Å². The van der Waals surface area contributed by atoms with E-state index >= 15 is 0 Å². The number of alkyl carbamates (subject to hydrolysis) is 1. The minimum Gasteiger partial charge on any atom is -0.478 e. The van der Waals surface area contributed by atoms with Crippen molar-refractivity contribution >= 4 is 17.6 Å². The average Bonchev–Trinajstić information content (AvgIpc) is 3.27. The Morgan fingerprint density at radius 3 is 2.97 bits per heavy atom. The number of anilines is 2. The molecule has 8 heteroatoms. The first-order chi connectivity index (χ1) is 14.1. The summed E-state index contributed by atoms with van der Waals surface area (Å²) in [5, 5.41) is 14.0. The lowest BCUT2D eigenvalue weighted by atomic mass is 9.38. The van der Waals surface area contributed by atoms with Crippen molar-refractivity contribution < 1.29 is 14.3 Å². The van der Waals surface area contributed by atoms with Gasteiger partial charge in [-0.15, -0.1) is 0 Å². The Bertz CT molecular complexity index is 938. The summed E-state index contributed by atoms with van der Waals surface area (Å²) in [6.45, 7) is 0.632. The number of nitrogens with zero attached hydrogens (tertiary/aromatic N) is 2. The number of pyridine rings is 1. The van der Waals surface area contributed by atoms with Crippen molar-refractivity contribution in [1.29, 1.82) is 0 Å². The van der Waals surface area contributed by atoms with Gasteiger partial charge in [0.05, 0.1) is 6.61 Å². The van der Waals surface area contributed by atoms with Crippen LogP contribution in [0.15, 0.2) is 24.4 Å². The lowest BCUT2D eigenvalue weighted by molar-refractivity contribution is -0.159. The monoisotopic (exact) mass is 395 g/mol. The highest BCUT2D eigenvalue weighted by Crippen LogP contribution is 2.68. The molecule has 0 unspecified atom stereocenters. The number of aromatic nitrogens is 3. The summed E-state index contributed by atoms with van der Waals surface area (Å²) in [7, 11) is 0. The second kappa shape index (κ2) is 6.11. The molecule has 5 heterocycles. The molecule has 0 aromatic carbocycles. The number of amides is 1. The first-order valence-corrected chi connectivity index (χ1v) is 10.5. The van der Waals surface area contributed by atoms with E-state index in [9.17, 15) is 4.79 Å². The molecule has 7 aliphatic rings. The summed E-state index contributed by atoms with van der Waals surface area (Å²) in [6, 6.07) is 5.85. The van der Waals surface area contributed by atoms with E-state index in [-0.39, 0.29) is 17.7 Å². The second-order valence-corrected chi connectivity index (χ2v) is 9.29. The average molecular weight is 395 g/mol. The van der Waals surface area contributed by atoms with E-state index in [2.05, 4.69) is 25.8 Å². The van der Waals surface area contributed by atoms with Gasteiger partial charge in [0.15, 0.2) is 5.82 Å². The van der Waals surface area contributed by atoms with E-state index in [0.717, 1.165) is 62.1 Å². The fourth-order valence-corrected chi connectivity index (χ4v) is 5.82. The van der Waals surface area contributed by atoms with Gasteiger partial charge in [0.2, 0.25) is 5.88 Å². The molecule has 2 aromatic rings. The van der Waals surface area contributed by atoms with Crippen molar-refractivity contribution in [3.05, 3.63) is 30.1 Å². The van der Waals surface area contributed by atoms with E-state index in [1.165, 1.54) is 0 Å². The number of H-pyrrole nitrogens is 1. The van der Waals surface area contributed by atoms with Crippen LogP contribution in [0.25, 0.3) is 0 Å². The zero-order chi connectivity index (χ0) is 19.5. The highest BCUT2D eigenvalue weighted by atomic mass is 16.6. The Morgan fingerprint density at radius 2 is 2.07 bits per heavy atom. The maximum absolute atomic E-state index is 12.4. The quantitative estimate of drug-likeness (QED) is 0.630. The van der Waals surface area contributed by atoms with Gasteiger partial charge in [0, 0.05) is 41.2 Å². The highest BCUT2D eigenvalue weighted by Gasteiger charge is 2.68. The molecule has 3 N–H and O–H groups in total. The smallest absolute Gasteiger partial charge is 0.407 e. The molecule has 4 fully saturated rings. The zero-order valence-electron chi connectivity index (χ0n) is 16.2. The number of aromatic amines is 1. The maximum Gasteiger partial charge on any atom is 0.407 e. The van der Waals surface area contributed by atoms with Crippen LogP contribution in [0.5, 0.6) is 5.88 Å². The number of carbonyl (C=O) groups is 1. The van der Waals surface area contributed by atoms with Crippen LogP contribution in [-0.2, 0) is 4.74 Å². The fraction of sp³-hybridized carbons (Fsp3) is 0.571. The number of hydrogen-bond acceptors (Lipinski definition) is 6. The fourth-order valence-electron chi connectivity index (χ4n) is 5.82. The summed E-state index contributed by atoms with van der Waals surface area (Å²) in [6.07, 6.45) is 8.23. The molecule has 29 heavy (non-hydrogen) atoms. The number of nitrogens with one attached hydrogen (secondary N) is 3. The number of ether oxygens (including phenoxy) is 2. The molecule has 0 radical (unpaired) electrons. The Kier molecular flexibility index (Phi) is 3.61. The van der Waals surface area contributed by atoms with Crippen LogP contribution in [0.3, 0.4) is 0 Å². The lowest BCUT2D eigenvalue weighted by Crippen LogP contribution is -2.74. The van der Waals surface area contributed by atoms with Crippen LogP contribution in [0.1, 0.15) is 56.6 Å². The molecule has 8 bridgehead atoms. The number of rotatable bonds is 0. The third-order valence-corrected chi connectivity index (χ3v) is 7.09. The summed E-state index contributed by atoms with van der Waals surface area (Å²) < 4.78 is 11.6. The highest BCUT2D eigenvalue weighted by molar-refractivity contribution is 5.69. The van der Waals surface area contributed by atoms with Gasteiger partial charge >= 0.3 is 6.09 Å². The van der Waals surface area contributed by atoms with Gasteiger partial charge in [-0.2, -0.15) is 5.10 Å². The molecule has 0 spiro atoms. The van der Waals surface area contributed by atoms with Crippen molar-refractivity contribution in [2.24, 2.45) is 5.41 Å². The van der Waals surface area contributed by atoms with Gasteiger partial charge in [0.1, 0.15) is 6.10 Å². The number of hydrogen-bond donors (Lipinski definition) is 3. The molecule has 2 atom stereocenters. The molecule has 4 aliphatic carbocycles. The number of carbonyl (C=O) groups excluding carboxylic acids is 1. The van der Waals surface area contributed by atoms with Crippen molar-refractivity contribution in [1.82, 2.24) is 20.5 Å². The Hall–Kier alpha value is -2.77. The standard InChI is InChI=1S/C21H25N5O3/c27-19-24-21-10-20(11-21,12-21)4-6-28-18-8-14(3-5-22-18)23-17-9-16(25-26-17)13-1-2-15(7-13)29-19/h3,5,8-9,13,15H,1-2,4,6-7,10-12H2,(H,24,27)(H2,23,25,26)/t13-,15+,20?,21?/m0/s1. The predicted octanol–water partition coefficient (Wildman–Crippen LogP) is 3.62. The van der Waals surface area contributed by atoms with E-state index in [1.807, 2.05) is 18.2 Å². The molecule has 3 aliphatic heterocycles. The third-order valence-electron chi connectivity index (χ3n) is 7.09. The van der Waals surface area contributed by atoms with Crippen molar-refractivity contribution in [2.45, 2.75) is 62.5 Å². The second-order valence-electron chi connectivity index (χ2n) is 9.29. The van der Waals surface area contributed by atoms with Gasteiger partial charge in [-0.1, -0.05) is 0 Å². The van der Waals surface area contributed by atoms with Crippen LogP contribution in [0, 0.1) is 5.41 Å². The van der Waals surface area contributed by atoms with Crippen molar-refractivity contribution in [2.75, 3.05) is 11.9 Å². The predicted molar refractivity (Wildman–Crippen MR) is 105 cm³/mol. The van der Waals surface area contributed by atoms with Gasteiger partial charge in [-0.05, 0) is 56.4 Å². The van der Waals surface area contributed by atoms with E-state index < -0.39 is 0 Å². The lowest BCUT2D eigenvalue weighted by Gasteiger charge is -2.70. The molecule has 4 saturated carbocycles. The van der Waals surface area contributed by atoms with Gasteiger partial charge in [0.25, 0.3) is 0 Å². The van der Waals surface area contributed by atoms with E-state index in [0.29, 0.717) is 23.8 Å². The summed E-state index contributed by atoms with van der Waals surface area (Å²) in [4.78, 5) is 16.7. The van der Waals surface area contributed by atoms with E-state index in [4.69, 9.17) is 9.47 Å². The molecular formula is C21H25N5O3. The van der Waals surface area contributed by atoms with Crippen molar-refractivity contribution in [3.63, 3.8) is 0 Å². The SMILES string of the molecule is O=C1NC23CC(CCOc4cc(ccn4)Nc4cc([nH]n4)[C@H]4CC[C@H](C4)O1)(C2)C3. The Morgan fingerprint density at radius 1 is 1.17 bits per heavy atom. The first-order valence-electron chi connectivity index (χ1n) is 10.5. The minimum absolute atomic E-state index is 0.0285. The first kappa shape index (κ1) is 17.1. The van der Waals surface area contributed by atoms with Crippen LogP contribution in [0.2, 0.25) is 0 Å². The summed E-state index contributed by atoms with van der Waals surface area (Å²) in [5.41, 5.74) is 2.25. The maximum atomic E-state index is 12.4. The molecule has 9 rings (SSSR count). The van der Waals surface area contributed by atoms with Crippen LogP contribution < -0.4 is 15.4 Å². The third kappa shape index (κ3) is 3.01. The molecular weight excluding hydrogens is 370 g/mol.